The van der Waals surface area contributed by atoms with E-state index in [9.17, 15) is 9.59 Å². The van der Waals surface area contributed by atoms with Crippen LogP contribution in [0.5, 0.6) is 0 Å². The second kappa shape index (κ2) is 6.86. The Morgan fingerprint density at radius 2 is 1.96 bits per heavy atom. The summed E-state index contributed by atoms with van der Waals surface area (Å²) in [5, 5.41) is 2.89. The van der Waals surface area contributed by atoms with Crippen LogP contribution < -0.4 is 5.32 Å². The fourth-order valence-electron chi connectivity index (χ4n) is 3.29. The van der Waals surface area contributed by atoms with Gasteiger partial charge in [0.2, 0.25) is 5.91 Å². The van der Waals surface area contributed by atoms with Crippen molar-refractivity contribution >= 4 is 17.6 Å². The van der Waals surface area contributed by atoms with E-state index in [4.69, 9.17) is 0 Å². The molecule has 122 valence electrons. The van der Waals surface area contributed by atoms with Crippen LogP contribution in [0, 0.1) is 0 Å². The van der Waals surface area contributed by atoms with Crippen LogP contribution in [0.3, 0.4) is 0 Å². The lowest BCUT2D eigenvalue weighted by Crippen LogP contribution is -2.50. The summed E-state index contributed by atoms with van der Waals surface area (Å²) < 4.78 is 0. The third kappa shape index (κ3) is 3.55. The summed E-state index contributed by atoms with van der Waals surface area (Å²) in [5.41, 5.74) is 1.98. The molecule has 2 aliphatic rings. The lowest BCUT2D eigenvalue weighted by atomic mass is 10.1. The van der Waals surface area contributed by atoms with E-state index in [0.29, 0.717) is 13.1 Å². The van der Waals surface area contributed by atoms with Crippen LogP contribution in [0.1, 0.15) is 26.2 Å². The van der Waals surface area contributed by atoms with Gasteiger partial charge in [-0.1, -0.05) is 29.8 Å². The highest BCUT2D eigenvalue weighted by atomic mass is 16.2. The molecule has 2 aliphatic heterocycles. The fourth-order valence-corrected chi connectivity index (χ4v) is 3.29. The number of carbonyl (C=O) groups is 2. The Balaban J connectivity index is 1.66. The quantitative estimate of drug-likeness (QED) is 0.854. The Hall–Kier alpha value is -2.30. The van der Waals surface area contributed by atoms with Gasteiger partial charge >= 0.3 is 6.03 Å². The largest absolute Gasteiger partial charge is 0.337 e. The maximum atomic E-state index is 12.8. The van der Waals surface area contributed by atoms with Crippen molar-refractivity contribution in [2.75, 3.05) is 25.0 Å². The van der Waals surface area contributed by atoms with Gasteiger partial charge in [-0.25, -0.2) is 4.79 Å². The molecule has 5 heteroatoms. The summed E-state index contributed by atoms with van der Waals surface area (Å²) >= 11 is 0. The summed E-state index contributed by atoms with van der Waals surface area (Å²) in [5.74, 6) is 0.0816. The highest BCUT2D eigenvalue weighted by molar-refractivity contribution is 5.94. The Labute approximate surface area is 137 Å². The number of likely N-dealkylation sites (tertiary alicyclic amines) is 1. The van der Waals surface area contributed by atoms with Gasteiger partial charge in [-0.3, -0.25) is 4.79 Å². The molecule has 23 heavy (non-hydrogen) atoms. The molecule has 1 fully saturated rings. The number of rotatable bonds is 2. The number of urea groups is 1. The van der Waals surface area contributed by atoms with E-state index >= 15 is 0 Å². The lowest BCUT2D eigenvalue weighted by Gasteiger charge is -2.32. The van der Waals surface area contributed by atoms with Crippen LogP contribution in [0.25, 0.3) is 0 Å². The first-order chi connectivity index (χ1) is 11.1. The van der Waals surface area contributed by atoms with E-state index in [2.05, 4.69) is 11.4 Å². The number of hydrogen-bond donors (Lipinski definition) is 1. The minimum Gasteiger partial charge on any atom is -0.337 e. The topological polar surface area (TPSA) is 52.7 Å². The first-order valence-electron chi connectivity index (χ1n) is 8.22. The van der Waals surface area contributed by atoms with Crippen molar-refractivity contribution in [2.24, 2.45) is 0 Å². The maximum Gasteiger partial charge on any atom is 0.322 e. The molecule has 0 radical (unpaired) electrons. The number of nitrogens with zero attached hydrogens (tertiary/aromatic N) is 2. The molecular weight excluding hydrogens is 290 g/mol. The zero-order valence-electron chi connectivity index (χ0n) is 13.5. The van der Waals surface area contributed by atoms with E-state index in [1.807, 2.05) is 42.2 Å². The Morgan fingerprint density at radius 3 is 2.70 bits per heavy atom. The molecule has 0 saturated carbocycles. The van der Waals surface area contributed by atoms with Gasteiger partial charge in [0.15, 0.2) is 0 Å². The van der Waals surface area contributed by atoms with Crippen LogP contribution in [0.2, 0.25) is 0 Å². The van der Waals surface area contributed by atoms with E-state index in [-0.39, 0.29) is 18.0 Å². The van der Waals surface area contributed by atoms with Crippen molar-refractivity contribution in [3.63, 3.8) is 0 Å². The molecule has 1 aromatic carbocycles. The van der Waals surface area contributed by atoms with Crippen molar-refractivity contribution in [3.8, 4) is 0 Å². The van der Waals surface area contributed by atoms with Crippen molar-refractivity contribution in [1.29, 1.82) is 0 Å². The van der Waals surface area contributed by atoms with Gasteiger partial charge in [0.05, 0.1) is 0 Å². The Kier molecular flexibility index (Phi) is 4.65. The van der Waals surface area contributed by atoms with Crippen LogP contribution >= 0.6 is 0 Å². The predicted octanol–water partition coefficient (Wildman–Crippen LogP) is 2.86. The molecule has 0 spiro atoms. The van der Waals surface area contributed by atoms with Crippen LogP contribution in [0.15, 0.2) is 42.0 Å². The summed E-state index contributed by atoms with van der Waals surface area (Å²) in [6.07, 6.45) is 4.71. The average Bonchev–Trinajstić information content (AvgIpc) is 3.05. The molecule has 0 aliphatic carbocycles. The molecule has 0 bridgehead atoms. The lowest BCUT2D eigenvalue weighted by molar-refractivity contribution is -0.134. The van der Waals surface area contributed by atoms with Gasteiger partial charge in [-0.15, -0.1) is 0 Å². The normalized spacial score (nSPS) is 21.1. The van der Waals surface area contributed by atoms with Gasteiger partial charge in [0.25, 0.3) is 0 Å². The standard InChI is InChI=1S/C18H23N3O2/c1-14-7-5-11-20(13-14)17(22)16-10-6-12-21(16)18(23)19-15-8-3-2-4-9-15/h2-4,7-9,16H,5-6,10-13H2,1H3,(H,19,23)/t16-/m0/s1. The van der Waals surface area contributed by atoms with Crippen molar-refractivity contribution in [3.05, 3.63) is 42.0 Å². The summed E-state index contributed by atoms with van der Waals surface area (Å²) in [4.78, 5) is 28.9. The molecule has 1 N–H and O–H groups in total. The van der Waals surface area contributed by atoms with E-state index in [0.717, 1.165) is 31.5 Å². The van der Waals surface area contributed by atoms with Gasteiger partial charge in [0, 0.05) is 25.3 Å². The number of amides is 3. The number of para-hydroxylation sites is 1. The van der Waals surface area contributed by atoms with Crippen molar-refractivity contribution < 1.29 is 9.59 Å². The number of benzene rings is 1. The van der Waals surface area contributed by atoms with E-state index < -0.39 is 0 Å². The Morgan fingerprint density at radius 1 is 1.17 bits per heavy atom. The average molecular weight is 313 g/mol. The molecule has 5 nitrogen and oxygen atoms in total. The third-order valence-corrected chi connectivity index (χ3v) is 4.47. The minimum atomic E-state index is -0.329. The van der Waals surface area contributed by atoms with E-state index in [1.165, 1.54) is 5.57 Å². The fraction of sp³-hybridized carbons (Fsp3) is 0.444. The van der Waals surface area contributed by atoms with Crippen molar-refractivity contribution in [1.82, 2.24) is 9.80 Å². The first-order valence-corrected chi connectivity index (χ1v) is 8.22. The Bertz CT molecular complexity index is 612. The van der Waals surface area contributed by atoms with Gasteiger partial charge in [-0.05, 0) is 38.3 Å². The molecule has 0 unspecified atom stereocenters. The smallest absolute Gasteiger partial charge is 0.322 e. The summed E-state index contributed by atoms with van der Waals surface area (Å²) in [6.45, 7) is 4.12. The van der Waals surface area contributed by atoms with E-state index in [1.54, 1.807) is 4.90 Å². The van der Waals surface area contributed by atoms with Gasteiger partial charge < -0.3 is 15.1 Å². The monoisotopic (exact) mass is 313 g/mol. The second-order valence-corrected chi connectivity index (χ2v) is 6.25. The SMILES string of the molecule is CC1=CCCN(C(=O)[C@@H]2CCCN2C(=O)Nc2ccccc2)C1. The molecule has 1 atom stereocenters. The molecule has 2 heterocycles. The number of carbonyl (C=O) groups excluding carboxylic acids is 2. The van der Waals surface area contributed by atoms with Crippen molar-refractivity contribution in [2.45, 2.75) is 32.2 Å². The minimum absolute atomic E-state index is 0.0816. The molecule has 0 aromatic heterocycles. The van der Waals surface area contributed by atoms with Crippen LogP contribution in [0.4, 0.5) is 10.5 Å². The van der Waals surface area contributed by atoms with Crippen LogP contribution in [-0.4, -0.2) is 47.4 Å². The highest BCUT2D eigenvalue weighted by Crippen LogP contribution is 2.22. The number of nitrogens with one attached hydrogen (secondary N) is 1. The van der Waals surface area contributed by atoms with Crippen LogP contribution in [-0.2, 0) is 4.79 Å². The molecular formula is C18H23N3O2. The molecule has 3 rings (SSSR count). The highest BCUT2D eigenvalue weighted by Gasteiger charge is 2.36. The summed E-state index contributed by atoms with van der Waals surface area (Å²) in [7, 11) is 0. The first kappa shape index (κ1) is 15.6. The maximum absolute atomic E-state index is 12.8. The second-order valence-electron chi connectivity index (χ2n) is 6.25. The third-order valence-electron chi connectivity index (χ3n) is 4.47. The summed E-state index contributed by atoms with van der Waals surface area (Å²) in [6, 6.07) is 8.86. The zero-order valence-corrected chi connectivity index (χ0v) is 13.5. The predicted molar refractivity (Wildman–Crippen MR) is 90.1 cm³/mol. The van der Waals surface area contributed by atoms with Gasteiger partial charge in [-0.2, -0.15) is 0 Å². The van der Waals surface area contributed by atoms with Gasteiger partial charge in [0.1, 0.15) is 6.04 Å². The molecule has 3 amide bonds. The number of anilines is 1. The zero-order chi connectivity index (χ0) is 16.2. The number of hydrogen-bond acceptors (Lipinski definition) is 2. The molecule has 1 saturated heterocycles. The molecule has 1 aromatic rings.